The molecule has 29 heavy (non-hydrogen) atoms. The van der Waals surface area contributed by atoms with E-state index in [2.05, 4.69) is 31.4 Å². The fourth-order valence-corrected chi connectivity index (χ4v) is 2.68. The third kappa shape index (κ3) is 7.07. The lowest BCUT2D eigenvalue weighted by molar-refractivity contribution is -0.147. The number of rotatable bonds is 7. The van der Waals surface area contributed by atoms with E-state index in [4.69, 9.17) is 4.74 Å². The van der Waals surface area contributed by atoms with E-state index in [9.17, 15) is 14.4 Å². The first-order valence-corrected chi connectivity index (χ1v) is 9.55. The fourth-order valence-electron chi connectivity index (χ4n) is 2.68. The van der Waals surface area contributed by atoms with Crippen molar-refractivity contribution in [2.75, 3.05) is 13.2 Å². The van der Waals surface area contributed by atoms with E-state index in [0.717, 1.165) is 11.1 Å². The molecule has 0 heterocycles. The molecule has 2 aromatic carbocycles. The molecular weight excluding hydrogens is 368 g/mol. The molecule has 2 aromatic rings. The van der Waals surface area contributed by atoms with Gasteiger partial charge in [0, 0.05) is 5.56 Å². The van der Waals surface area contributed by atoms with E-state index in [1.54, 1.807) is 12.1 Å². The Morgan fingerprint density at radius 2 is 1.59 bits per heavy atom. The summed E-state index contributed by atoms with van der Waals surface area (Å²) in [5, 5.41) is 5.26. The molecule has 0 fully saturated rings. The van der Waals surface area contributed by atoms with Crippen LogP contribution in [0.2, 0.25) is 0 Å². The SMILES string of the molecule is C[C@H](NC(=O)COC(=O)CNC(=O)c1ccc(C(C)(C)C)cc1)c1ccccc1. The van der Waals surface area contributed by atoms with Crippen LogP contribution in [-0.2, 0) is 19.7 Å². The second kappa shape index (κ2) is 9.87. The quantitative estimate of drug-likeness (QED) is 0.704. The van der Waals surface area contributed by atoms with Crippen LogP contribution in [-0.4, -0.2) is 30.9 Å². The highest BCUT2D eigenvalue weighted by Gasteiger charge is 2.15. The van der Waals surface area contributed by atoms with Crippen LogP contribution in [0, 0.1) is 0 Å². The summed E-state index contributed by atoms with van der Waals surface area (Å²) in [6.07, 6.45) is 0. The number of amides is 2. The maximum atomic E-state index is 12.2. The van der Waals surface area contributed by atoms with Gasteiger partial charge in [0.15, 0.2) is 6.61 Å². The Labute approximate surface area is 171 Å². The monoisotopic (exact) mass is 396 g/mol. The molecule has 0 bridgehead atoms. The predicted octanol–water partition coefficient (Wildman–Crippen LogP) is 3.13. The molecule has 0 spiro atoms. The number of carbonyl (C=O) groups is 3. The lowest BCUT2D eigenvalue weighted by atomic mass is 9.87. The molecule has 2 rings (SSSR count). The van der Waals surface area contributed by atoms with Crippen LogP contribution in [0.4, 0.5) is 0 Å². The molecule has 2 N–H and O–H groups in total. The maximum Gasteiger partial charge on any atom is 0.325 e. The summed E-state index contributed by atoms with van der Waals surface area (Å²) in [5.41, 5.74) is 2.53. The van der Waals surface area contributed by atoms with Gasteiger partial charge in [-0.1, -0.05) is 63.2 Å². The molecule has 154 valence electrons. The van der Waals surface area contributed by atoms with Crippen LogP contribution in [0.5, 0.6) is 0 Å². The Kier molecular flexibility index (Phi) is 7.53. The summed E-state index contributed by atoms with van der Waals surface area (Å²) in [7, 11) is 0. The van der Waals surface area contributed by atoms with Gasteiger partial charge < -0.3 is 15.4 Å². The average molecular weight is 396 g/mol. The van der Waals surface area contributed by atoms with Gasteiger partial charge in [0.2, 0.25) is 0 Å². The Morgan fingerprint density at radius 3 is 2.17 bits per heavy atom. The molecule has 2 amide bonds. The first-order valence-electron chi connectivity index (χ1n) is 9.55. The fraction of sp³-hybridized carbons (Fsp3) is 0.348. The van der Waals surface area contributed by atoms with E-state index >= 15 is 0 Å². The van der Waals surface area contributed by atoms with Gasteiger partial charge in [-0.25, -0.2) is 0 Å². The third-order valence-electron chi connectivity index (χ3n) is 4.45. The third-order valence-corrected chi connectivity index (χ3v) is 4.45. The highest BCUT2D eigenvalue weighted by atomic mass is 16.5. The minimum atomic E-state index is -0.674. The lowest BCUT2D eigenvalue weighted by Gasteiger charge is -2.19. The molecule has 0 unspecified atom stereocenters. The zero-order valence-electron chi connectivity index (χ0n) is 17.3. The average Bonchev–Trinajstić information content (AvgIpc) is 2.70. The van der Waals surface area contributed by atoms with Gasteiger partial charge in [-0.3, -0.25) is 14.4 Å². The van der Waals surface area contributed by atoms with Gasteiger partial charge in [-0.2, -0.15) is 0 Å². The van der Waals surface area contributed by atoms with Crippen molar-refractivity contribution in [2.24, 2.45) is 0 Å². The molecule has 0 aliphatic heterocycles. The summed E-state index contributed by atoms with van der Waals surface area (Å²) >= 11 is 0. The van der Waals surface area contributed by atoms with Gasteiger partial charge in [-0.05, 0) is 35.6 Å². The van der Waals surface area contributed by atoms with E-state index in [1.165, 1.54) is 0 Å². The Hall–Kier alpha value is -3.15. The van der Waals surface area contributed by atoms with Crippen LogP contribution in [0.25, 0.3) is 0 Å². The topological polar surface area (TPSA) is 84.5 Å². The first-order chi connectivity index (χ1) is 13.7. The first kappa shape index (κ1) is 22.1. The molecule has 0 aromatic heterocycles. The molecule has 1 atom stereocenters. The zero-order chi connectivity index (χ0) is 21.4. The van der Waals surface area contributed by atoms with Gasteiger partial charge in [0.05, 0.1) is 6.04 Å². The van der Waals surface area contributed by atoms with Crippen molar-refractivity contribution < 1.29 is 19.1 Å². The largest absolute Gasteiger partial charge is 0.454 e. The van der Waals surface area contributed by atoms with E-state index < -0.39 is 18.5 Å². The summed E-state index contributed by atoms with van der Waals surface area (Å²) in [6.45, 7) is 7.42. The number of benzene rings is 2. The molecular formula is C23H28N2O4. The molecule has 6 nitrogen and oxygen atoms in total. The van der Waals surface area contributed by atoms with Crippen molar-refractivity contribution in [1.29, 1.82) is 0 Å². The normalized spacial score (nSPS) is 12.0. The maximum absolute atomic E-state index is 12.2. The van der Waals surface area contributed by atoms with Crippen molar-refractivity contribution in [3.8, 4) is 0 Å². The predicted molar refractivity (Wildman–Crippen MR) is 111 cm³/mol. The van der Waals surface area contributed by atoms with E-state index in [0.29, 0.717) is 5.56 Å². The molecule has 0 aliphatic carbocycles. The Balaban J connectivity index is 1.73. The van der Waals surface area contributed by atoms with Crippen LogP contribution in [0.3, 0.4) is 0 Å². The minimum Gasteiger partial charge on any atom is -0.454 e. The lowest BCUT2D eigenvalue weighted by Crippen LogP contribution is -2.34. The number of hydrogen-bond donors (Lipinski definition) is 2. The summed E-state index contributed by atoms with van der Waals surface area (Å²) in [6, 6.07) is 16.5. The van der Waals surface area contributed by atoms with Crippen LogP contribution >= 0.6 is 0 Å². The highest BCUT2D eigenvalue weighted by Crippen LogP contribution is 2.22. The van der Waals surface area contributed by atoms with E-state index in [-0.39, 0.29) is 23.9 Å². The van der Waals surface area contributed by atoms with Crippen LogP contribution in [0.15, 0.2) is 54.6 Å². The smallest absolute Gasteiger partial charge is 0.325 e. The standard InChI is InChI=1S/C23H28N2O4/c1-16(17-8-6-5-7-9-17)25-20(26)15-29-21(27)14-24-22(28)18-10-12-19(13-11-18)23(2,3)4/h5-13,16H,14-15H2,1-4H3,(H,24,28)(H,25,26)/t16-/m0/s1. The molecule has 0 saturated heterocycles. The molecule has 0 saturated carbocycles. The Morgan fingerprint density at radius 1 is 0.966 bits per heavy atom. The number of nitrogens with one attached hydrogen (secondary N) is 2. The van der Waals surface area contributed by atoms with Crippen molar-refractivity contribution in [3.63, 3.8) is 0 Å². The number of carbonyl (C=O) groups excluding carboxylic acids is 3. The molecule has 6 heteroatoms. The summed E-state index contributed by atoms with van der Waals surface area (Å²) < 4.78 is 4.92. The molecule has 0 aliphatic rings. The van der Waals surface area contributed by atoms with Crippen molar-refractivity contribution >= 4 is 17.8 Å². The van der Waals surface area contributed by atoms with Crippen molar-refractivity contribution in [3.05, 3.63) is 71.3 Å². The highest BCUT2D eigenvalue weighted by molar-refractivity contribution is 5.96. The summed E-state index contributed by atoms with van der Waals surface area (Å²) in [4.78, 5) is 35.9. The second-order valence-corrected chi connectivity index (χ2v) is 7.87. The second-order valence-electron chi connectivity index (χ2n) is 7.87. The van der Waals surface area contributed by atoms with Crippen LogP contribution < -0.4 is 10.6 Å². The zero-order valence-corrected chi connectivity index (χ0v) is 17.3. The van der Waals surface area contributed by atoms with Gasteiger partial charge >= 0.3 is 5.97 Å². The van der Waals surface area contributed by atoms with Crippen molar-refractivity contribution in [1.82, 2.24) is 10.6 Å². The molecule has 0 radical (unpaired) electrons. The summed E-state index contributed by atoms with van der Waals surface area (Å²) in [5.74, 6) is -1.45. The van der Waals surface area contributed by atoms with Gasteiger partial charge in [0.25, 0.3) is 11.8 Å². The van der Waals surface area contributed by atoms with Gasteiger partial charge in [-0.15, -0.1) is 0 Å². The van der Waals surface area contributed by atoms with E-state index in [1.807, 2.05) is 49.4 Å². The van der Waals surface area contributed by atoms with Crippen LogP contribution in [0.1, 0.15) is 55.2 Å². The van der Waals surface area contributed by atoms with Crippen molar-refractivity contribution in [2.45, 2.75) is 39.2 Å². The minimum absolute atomic E-state index is 0.00259. The Bertz CT molecular complexity index is 839. The van der Waals surface area contributed by atoms with Gasteiger partial charge in [0.1, 0.15) is 6.54 Å². The number of hydrogen-bond acceptors (Lipinski definition) is 4. The number of esters is 1. The number of ether oxygens (including phenoxy) is 1.